The van der Waals surface area contributed by atoms with Crippen LogP contribution in [-0.4, -0.2) is 49.1 Å². The summed E-state index contributed by atoms with van der Waals surface area (Å²) in [6.07, 6.45) is 0.359. The van der Waals surface area contributed by atoms with Crippen LogP contribution in [0, 0.1) is 0 Å². The van der Waals surface area contributed by atoms with Crippen LogP contribution >= 0.6 is 15.9 Å². The second kappa shape index (κ2) is 13.3. The van der Waals surface area contributed by atoms with Gasteiger partial charge in [-0.2, -0.15) is 0 Å². The SMILES string of the molecule is COc1cc(OC)cc(OCC(=O)N(Cc2ccc(Br)cc2)C(Cc2ccccc2)C(=O)NC(C)(C)C)c1. The standard InChI is InChI=1S/C30H35BrN2O5/c1-30(2,3)32-29(35)27(15-21-9-7-6-8-10-21)33(19-22-11-13-23(31)14-12-22)28(34)20-38-26-17-24(36-4)16-25(18-26)37-5/h6-14,16-18,27H,15,19-20H2,1-5H3,(H,32,35). The minimum Gasteiger partial charge on any atom is -0.496 e. The quantitative estimate of drug-likeness (QED) is 0.327. The molecular formula is C30H35BrN2O5. The Kier molecular flexibility index (Phi) is 10.2. The molecule has 3 aromatic carbocycles. The van der Waals surface area contributed by atoms with E-state index in [1.807, 2.05) is 75.4 Å². The van der Waals surface area contributed by atoms with E-state index in [0.717, 1.165) is 15.6 Å². The van der Waals surface area contributed by atoms with E-state index in [4.69, 9.17) is 14.2 Å². The van der Waals surface area contributed by atoms with Gasteiger partial charge in [0.05, 0.1) is 14.2 Å². The molecule has 0 heterocycles. The topological polar surface area (TPSA) is 77.1 Å². The van der Waals surface area contributed by atoms with Gasteiger partial charge in [-0.25, -0.2) is 0 Å². The van der Waals surface area contributed by atoms with Crippen molar-refractivity contribution < 1.29 is 23.8 Å². The van der Waals surface area contributed by atoms with Gasteiger partial charge in [0.15, 0.2) is 6.61 Å². The minimum absolute atomic E-state index is 0.227. The van der Waals surface area contributed by atoms with Crippen molar-refractivity contribution in [1.29, 1.82) is 0 Å². The molecule has 0 saturated heterocycles. The molecule has 202 valence electrons. The summed E-state index contributed by atoms with van der Waals surface area (Å²) in [5, 5.41) is 3.06. The second-order valence-electron chi connectivity index (χ2n) is 9.93. The van der Waals surface area contributed by atoms with Crippen LogP contribution in [0.3, 0.4) is 0 Å². The van der Waals surface area contributed by atoms with Crippen LogP contribution in [0.15, 0.2) is 77.3 Å². The highest BCUT2D eigenvalue weighted by atomic mass is 79.9. The highest BCUT2D eigenvalue weighted by molar-refractivity contribution is 9.10. The number of benzene rings is 3. The van der Waals surface area contributed by atoms with E-state index in [0.29, 0.717) is 23.7 Å². The average Bonchev–Trinajstić information content (AvgIpc) is 2.89. The van der Waals surface area contributed by atoms with Gasteiger partial charge in [0, 0.05) is 41.2 Å². The van der Waals surface area contributed by atoms with Crippen LogP contribution in [0.4, 0.5) is 0 Å². The van der Waals surface area contributed by atoms with E-state index in [1.54, 1.807) is 37.3 Å². The van der Waals surface area contributed by atoms with Gasteiger partial charge in [0.2, 0.25) is 5.91 Å². The third kappa shape index (κ3) is 8.80. The molecule has 7 nitrogen and oxygen atoms in total. The molecule has 3 aromatic rings. The minimum atomic E-state index is -0.754. The van der Waals surface area contributed by atoms with Crippen LogP contribution in [0.2, 0.25) is 0 Å². The number of carbonyl (C=O) groups is 2. The zero-order chi connectivity index (χ0) is 27.7. The molecule has 1 unspecified atom stereocenters. The number of halogens is 1. The number of nitrogens with zero attached hydrogens (tertiary/aromatic N) is 1. The first kappa shape index (κ1) is 29.0. The summed E-state index contributed by atoms with van der Waals surface area (Å²) in [7, 11) is 3.09. The summed E-state index contributed by atoms with van der Waals surface area (Å²) in [5.41, 5.74) is 1.38. The van der Waals surface area contributed by atoms with E-state index in [2.05, 4.69) is 21.2 Å². The zero-order valence-electron chi connectivity index (χ0n) is 22.5. The fraction of sp³-hybridized carbons (Fsp3) is 0.333. The van der Waals surface area contributed by atoms with Crippen LogP contribution in [-0.2, 0) is 22.6 Å². The highest BCUT2D eigenvalue weighted by Crippen LogP contribution is 2.27. The Hall–Kier alpha value is -3.52. The largest absolute Gasteiger partial charge is 0.496 e. The Bertz CT molecular complexity index is 1190. The molecule has 1 N–H and O–H groups in total. The molecular weight excluding hydrogens is 548 g/mol. The zero-order valence-corrected chi connectivity index (χ0v) is 24.1. The first-order valence-electron chi connectivity index (χ1n) is 12.3. The molecule has 0 saturated carbocycles. The van der Waals surface area contributed by atoms with E-state index in [1.165, 1.54) is 0 Å². The van der Waals surface area contributed by atoms with E-state index < -0.39 is 11.6 Å². The summed E-state index contributed by atoms with van der Waals surface area (Å²) >= 11 is 3.46. The van der Waals surface area contributed by atoms with Gasteiger partial charge in [0.25, 0.3) is 5.91 Å². The van der Waals surface area contributed by atoms with Gasteiger partial charge in [0.1, 0.15) is 23.3 Å². The van der Waals surface area contributed by atoms with Crippen molar-refractivity contribution in [1.82, 2.24) is 10.2 Å². The van der Waals surface area contributed by atoms with Gasteiger partial charge in [-0.05, 0) is 44.0 Å². The lowest BCUT2D eigenvalue weighted by molar-refractivity contribution is -0.143. The molecule has 2 amide bonds. The van der Waals surface area contributed by atoms with Gasteiger partial charge >= 0.3 is 0 Å². The van der Waals surface area contributed by atoms with Crippen molar-refractivity contribution in [3.63, 3.8) is 0 Å². The molecule has 1 atom stereocenters. The number of rotatable bonds is 11. The number of hydrogen-bond acceptors (Lipinski definition) is 5. The van der Waals surface area contributed by atoms with Crippen LogP contribution in [0.25, 0.3) is 0 Å². The van der Waals surface area contributed by atoms with Crippen LogP contribution in [0.1, 0.15) is 31.9 Å². The lowest BCUT2D eigenvalue weighted by Gasteiger charge is -2.33. The fourth-order valence-corrected chi connectivity index (χ4v) is 4.15. The summed E-state index contributed by atoms with van der Waals surface area (Å²) in [5.74, 6) is 0.974. The molecule has 8 heteroatoms. The van der Waals surface area contributed by atoms with E-state index in [9.17, 15) is 9.59 Å². The summed E-state index contributed by atoms with van der Waals surface area (Å²) < 4.78 is 17.4. The molecule has 0 bridgehead atoms. The summed E-state index contributed by atoms with van der Waals surface area (Å²) in [4.78, 5) is 28.9. The average molecular weight is 584 g/mol. The predicted octanol–water partition coefficient (Wildman–Crippen LogP) is 5.40. The number of nitrogens with one attached hydrogen (secondary N) is 1. The number of hydrogen-bond donors (Lipinski definition) is 1. The van der Waals surface area contributed by atoms with E-state index in [-0.39, 0.29) is 25.0 Å². The molecule has 0 radical (unpaired) electrons. The van der Waals surface area contributed by atoms with Crippen LogP contribution < -0.4 is 19.5 Å². The molecule has 0 aromatic heterocycles. The smallest absolute Gasteiger partial charge is 0.261 e. The predicted molar refractivity (Wildman–Crippen MR) is 152 cm³/mol. The molecule has 0 aliphatic heterocycles. The first-order chi connectivity index (χ1) is 18.1. The lowest BCUT2D eigenvalue weighted by Crippen LogP contribution is -2.55. The van der Waals surface area contributed by atoms with Gasteiger partial charge < -0.3 is 24.4 Å². The Morgan fingerprint density at radius 2 is 1.45 bits per heavy atom. The second-order valence-corrected chi connectivity index (χ2v) is 10.8. The lowest BCUT2D eigenvalue weighted by atomic mass is 10.0. The monoisotopic (exact) mass is 582 g/mol. The third-order valence-corrected chi connectivity index (χ3v) is 6.25. The van der Waals surface area contributed by atoms with Gasteiger partial charge in [-0.3, -0.25) is 9.59 Å². The molecule has 0 aliphatic rings. The van der Waals surface area contributed by atoms with Crippen molar-refractivity contribution in [3.05, 3.63) is 88.4 Å². The fourth-order valence-electron chi connectivity index (χ4n) is 3.89. The number of carbonyl (C=O) groups excluding carboxylic acids is 2. The maximum absolute atomic E-state index is 13.7. The third-order valence-electron chi connectivity index (χ3n) is 5.72. The Morgan fingerprint density at radius 1 is 0.868 bits per heavy atom. The van der Waals surface area contributed by atoms with Crippen molar-refractivity contribution in [3.8, 4) is 17.2 Å². The molecule has 38 heavy (non-hydrogen) atoms. The van der Waals surface area contributed by atoms with Crippen LogP contribution in [0.5, 0.6) is 17.2 Å². The van der Waals surface area contributed by atoms with Crippen molar-refractivity contribution in [2.24, 2.45) is 0 Å². The maximum Gasteiger partial charge on any atom is 0.261 e. The maximum atomic E-state index is 13.7. The normalized spacial score (nSPS) is 11.8. The first-order valence-corrected chi connectivity index (χ1v) is 13.1. The molecule has 0 spiro atoms. The van der Waals surface area contributed by atoms with Gasteiger partial charge in [-0.1, -0.05) is 58.4 Å². The molecule has 3 rings (SSSR count). The van der Waals surface area contributed by atoms with Crippen molar-refractivity contribution >= 4 is 27.7 Å². The van der Waals surface area contributed by atoms with E-state index >= 15 is 0 Å². The number of ether oxygens (including phenoxy) is 3. The molecule has 0 fully saturated rings. The number of amides is 2. The van der Waals surface area contributed by atoms with Crippen molar-refractivity contribution in [2.45, 2.75) is 45.3 Å². The van der Waals surface area contributed by atoms with Gasteiger partial charge in [-0.15, -0.1) is 0 Å². The number of methoxy groups -OCH3 is 2. The Morgan fingerprint density at radius 3 is 2.00 bits per heavy atom. The Balaban J connectivity index is 1.93. The molecule has 0 aliphatic carbocycles. The van der Waals surface area contributed by atoms with Crippen molar-refractivity contribution in [2.75, 3.05) is 20.8 Å². The summed E-state index contributed by atoms with van der Waals surface area (Å²) in [6.45, 7) is 5.74. The Labute approximate surface area is 233 Å². The highest BCUT2D eigenvalue weighted by Gasteiger charge is 2.32. The summed E-state index contributed by atoms with van der Waals surface area (Å²) in [6, 6.07) is 21.7.